The molecule has 7 nitrogen and oxygen atoms in total. The predicted octanol–water partition coefficient (Wildman–Crippen LogP) is 2.60. The van der Waals surface area contributed by atoms with Crippen LogP contribution in [0.2, 0.25) is 0 Å². The maximum absolute atomic E-state index is 13.1. The van der Waals surface area contributed by atoms with Gasteiger partial charge in [0.25, 0.3) is 0 Å². The molecule has 0 radical (unpaired) electrons. The van der Waals surface area contributed by atoms with Crippen molar-refractivity contribution in [2.45, 2.75) is 37.4 Å². The molecule has 2 aromatic rings. The summed E-state index contributed by atoms with van der Waals surface area (Å²) in [6.45, 7) is 4.48. The van der Waals surface area contributed by atoms with Crippen LogP contribution in [0.25, 0.3) is 0 Å². The molecule has 4 rings (SSSR count). The lowest BCUT2D eigenvalue weighted by molar-refractivity contribution is -0.137. The number of halogens is 3. The number of hydrogen-bond donors (Lipinski definition) is 0. The molecule has 0 bridgehead atoms. The molecule has 2 aliphatic rings. The van der Waals surface area contributed by atoms with Crippen molar-refractivity contribution in [2.24, 2.45) is 5.92 Å². The first-order chi connectivity index (χ1) is 13.1. The molecule has 2 unspecified atom stereocenters. The number of pyridine rings is 1. The zero-order valence-electron chi connectivity index (χ0n) is 15.3. The zero-order chi connectivity index (χ0) is 20.3. The number of rotatable bonds is 3. The van der Waals surface area contributed by atoms with Gasteiger partial charge in [-0.15, -0.1) is 0 Å². The van der Waals surface area contributed by atoms with Crippen molar-refractivity contribution in [1.82, 2.24) is 14.4 Å². The van der Waals surface area contributed by atoms with Gasteiger partial charge in [-0.2, -0.15) is 17.5 Å². The summed E-state index contributed by atoms with van der Waals surface area (Å²) in [4.78, 5) is 5.87. The van der Waals surface area contributed by atoms with E-state index in [1.54, 1.807) is 13.8 Å². The number of hydrogen-bond acceptors (Lipinski definition) is 6. The van der Waals surface area contributed by atoms with Gasteiger partial charge in [0.1, 0.15) is 16.4 Å². The lowest BCUT2D eigenvalue weighted by atomic mass is 10.1. The molecule has 2 atom stereocenters. The first-order valence-corrected chi connectivity index (χ1v) is 10.3. The molecular formula is C17H19F3N4O3S. The van der Waals surface area contributed by atoms with Crippen molar-refractivity contribution >= 4 is 15.8 Å². The first kappa shape index (κ1) is 19.2. The number of fused-ring (bicyclic) bond motifs is 1. The highest BCUT2D eigenvalue weighted by molar-refractivity contribution is 7.89. The topological polar surface area (TPSA) is 79.5 Å². The SMILES string of the molecule is Cc1noc(C)c1S(=O)(=O)N1CCC2CN(c3ccc(C(F)(F)F)cn3)CC21. The average molecular weight is 416 g/mol. The lowest BCUT2D eigenvalue weighted by Crippen LogP contribution is -2.40. The standard InChI is InChI=1S/C17H19F3N4O3S/c1-10-16(11(2)27-22-10)28(25,26)24-6-5-12-8-23(9-14(12)24)15-4-3-13(7-21-15)17(18,19)20/h3-4,7,12,14H,5-6,8-9H2,1-2H3. The van der Waals surface area contributed by atoms with E-state index in [0.717, 1.165) is 12.3 Å². The second-order valence-corrected chi connectivity index (χ2v) is 9.02. The van der Waals surface area contributed by atoms with Crippen molar-refractivity contribution in [2.75, 3.05) is 24.5 Å². The van der Waals surface area contributed by atoms with Gasteiger partial charge in [-0.05, 0) is 38.3 Å². The number of aryl methyl sites for hydroxylation is 2. The van der Waals surface area contributed by atoms with E-state index >= 15 is 0 Å². The Balaban J connectivity index is 1.56. The minimum absolute atomic E-state index is 0.0965. The van der Waals surface area contributed by atoms with Gasteiger partial charge < -0.3 is 9.42 Å². The van der Waals surface area contributed by atoms with E-state index in [2.05, 4.69) is 10.1 Å². The number of nitrogens with zero attached hydrogens (tertiary/aromatic N) is 4. The van der Waals surface area contributed by atoms with Crippen LogP contribution < -0.4 is 4.90 Å². The van der Waals surface area contributed by atoms with E-state index in [-0.39, 0.29) is 22.6 Å². The van der Waals surface area contributed by atoms with Gasteiger partial charge in [0, 0.05) is 31.9 Å². The summed E-state index contributed by atoms with van der Waals surface area (Å²) in [6, 6.07) is 2.06. The fourth-order valence-electron chi connectivity index (χ4n) is 4.11. The summed E-state index contributed by atoms with van der Waals surface area (Å²) < 4.78 is 71.0. The second-order valence-electron chi connectivity index (χ2n) is 7.19. The molecule has 28 heavy (non-hydrogen) atoms. The van der Waals surface area contributed by atoms with Crippen LogP contribution in [0.4, 0.5) is 19.0 Å². The third-order valence-electron chi connectivity index (χ3n) is 5.43. The summed E-state index contributed by atoms with van der Waals surface area (Å²) in [6.07, 6.45) is -2.95. The fourth-order valence-corrected chi connectivity index (χ4v) is 6.10. The van der Waals surface area contributed by atoms with Gasteiger partial charge in [0.05, 0.1) is 5.56 Å². The van der Waals surface area contributed by atoms with E-state index in [9.17, 15) is 21.6 Å². The Bertz CT molecular complexity index is 969. The molecule has 152 valence electrons. The van der Waals surface area contributed by atoms with Crippen LogP contribution in [-0.4, -0.2) is 48.5 Å². The Morgan fingerprint density at radius 3 is 2.54 bits per heavy atom. The highest BCUT2D eigenvalue weighted by atomic mass is 32.2. The second kappa shape index (κ2) is 6.45. The zero-order valence-corrected chi connectivity index (χ0v) is 16.1. The molecule has 2 fully saturated rings. The van der Waals surface area contributed by atoms with Gasteiger partial charge >= 0.3 is 6.18 Å². The summed E-state index contributed by atoms with van der Waals surface area (Å²) in [5.74, 6) is 0.761. The Hall–Kier alpha value is -2.14. The highest BCUT2D eigenvalue weighted by Crippen LogP contribution is 2.38. The Kier molecular flexibility index (Phi) is 4.42. The van der Waals surface area contributed by atoms with Crippen LogP contribution in [0.3, 0.4) is 0 Å². The van der Waals surface area contributed by atoms with E-state index in [0.29, 0.717) is 37.6 Å². The van der Waals surface area contributed by atoms with Crippen LogP contribution >= 0.6 is 0 Å². The molecule has 0 aliphatic carbocycles. The molecule has 4 heterocycles. The van der Waals surface area contributed by atoms with E-state index in [1.807, 2.05) is 4.90 Å². The summed E-state index contributed by atoms with van der Waals surface area (Å²) >= 11 is 0. The predicted molar refractivity (Wildman–Crippen MR) is 93.2 cm³/mol. The van der Waals surface area contributed by atoms with Crippen LogP contribution in [0.15, 0.2) is 27.7 Å². The van der Waals surface area contributed by atoms with E-state index in [4.69, 9.17) is 4.52 Å². The molecule has 2 aliphatic heterocycles. The minimum atomic E-state index is -4.44. The minimum Gasteiger partial charge on any atom is -0.360 e. The number of alkyl halides is 3. The molecule has 0 amide bonds. The maximum atomic E-state index is 13.1. The first-order valence-electron chi connectivity index (χ1n) is 8.82. The monoisotopic (exact) mass is 416 g/mol. The van der Waals surface area contributed by atoms with Crippen LogP contribution in [-0.2, 0) is 16.2 Å². The Morgan fingerprint density at radius 2 is 1.96 bits per heavy atom. The van der Waals surface area contributed by atoms with Crippen molar-refractivity contribution in [3.63, 3.8) is 0 Å². The number of aromatic nitrogens is 2. The summed E-state index contributed by atoms with van der Waals surface area (Å²) in [7, 11) is -3.76. The van der Waals surface area contributed by atoms with Gasteiger partial charge in [0.15, 0.2) is 5.76 Å². The Morgan fingerprint density at radius 1 is 1.21 bits per heavy atom. The largest absolute Gasteiger partial charge is 0.417 e. The normalized spacial score (nSPS) is 23.4. The third-order valence-corrected chi connectivity index (χ3v) is 7.60. The summed E-state index contributed by atoms with van der Waals surface area (Å²) in [5.41, 5.74) is -0.488. The molecular weight excluding hydrogens is 397 g/mol. The molecule has 0 aromatic carbocycles. The molecule has 0 spiro atoms. The van der Waals surface area contributed by atoms with Crippen molar-refractivity contribution in [3.05, 3.63) is 35.3 Å². The van der Waals surface area contributed by atoms with Crippen molar-refractivity contribution in [3.8, 4) is 0 Å². The van der Waals surface area contributed by atoms with E-state index in [1.165, 1.54) is 10.4 Å². The lowest BCUT2D eigenvalue weighted by Gasteiger charge is -2.24. The smallest absolute Gasteiger partial charge is 0.360 e. The van der Waals surface area contributed by atoms with Crippen LogP contribution in [0.5, 0.6) is 0 Å². The number of sulfonamides is 1. The van der Waals surface area contributed by atoms with Crippen LogP contribution in [0.1, 0.15) is 23.4 Å². The van der Waals surface area contributed by atoms with Gasteiger partial charge in [-0.1, -0.05) is 5.16 Å². The quantitative estimate of drug-likeness (QED) is 0.765. The van der Waals surface area contributed by atoms with Gasteiger partial charge in [-0.3, -0.25) is 0 Å². The molecule has 2 aromatic heterocycles. The van der Waals surface area contributed by atoms with Crippen molar-refractivity contribution < 1.29 is 26.1 Å². The highest BCUT2D eigenvalue weighted by Gasteiger charge is 2.48. The third kappa shape index (κ3) is 3.06. The van der Waals surface area contributed by atoms with Gasteiger partial charge in [-0.25, -0.2) is 13.4 Å². The fraction of sp³-hybridized carbons (Fsp3) is 0.529. The van der Waals surface area contributed by atoms with E-state index < -0.39 is 21.8 Å². The van der Waals surface area contributed by atoms with Crippen LogP contribution in [0, 0.1) is 19.8 Å². The number of anilines is 1. The maximum Gasteiger partial charge on any atom is 0.417 e. The molecule has 0 N–H and O–H groups in total. The molecule has 11 heteroatoms. The van der Waals surface area contributed by atoms with Crippen molar-refractivity contribution in [1.29, 1.82) is 0 Å². The Labute approximate surface area is 160 Å². The average Bonchev–Trinajstić information content (AvgIpc) is 3.28. The molecule has 0 saturated carbocycles. The summed E-state index contributed by atoms with van der Waals surface area (Å²) in [5, 5.41) is 3.74. The van der Waals surface area contributed by atoms with Gasteiger partial charge in [0.2, 0.25) is 10.0 Å². The molecule has 2 saturated heterocycles.